The largest absolute Gasteiger partial charge is 0.381 e. The molecule has 0 amide bonds. The van der Waals surface area contributed by atoms with Gasteiger partial charge in [0.1, 0.15) is 0 Å². The molecule has 2 rings (SSSR count). The van der Waals surface area contributed by atoms with Crippen LogP contribution in [0, 0.1) is 0 Å². The van der Waals surface area contributed by atoms with Crippen LogP contribution in [0.3, 0.4) is 0 Å². The molecule has 2 heterocycles. The van der Waals surface area contributed by atoms with Crippen LogP contribution in [0.2, 0.25) is 0 Å². The van der Waals surface area contributed by atoms with E-state index in [1.54, 1.807) is 0 Å². The van der Waals surface area contributed by atoms with Crippen LogP contribution >= 0.6 is 27.3 Å². The lowest BCUT2D eigenvalue weighted by Gasteiger charge is -2.20. The molecule has 0 spiro atoms. The lowest BCUT2D eigenvalue weighted by molar-refractivity contribution is 0.0814. The quantitative estimate of drug-likeness (QED) is 0.739. The summed E-state index contributed by atoms with van der Waals surface area (Å²) < 4.78 is 6.66. The van der Waals surface area contributed by atoms with E-state index in [0.717, 1.165) is 13.2 Å². The second-order valence-electron chi connectivity index (χ2n) is 3.06. The van der Waals surface area contributed by atoms with E-state index in [2.05, 4.69) is 28.1 Å². The van der Waals surface area contributed by atoms with Gasteiger partial charge in [-0.25, -0.2) is 0 Å². The Kier molecular flexibility index (Phi) is 2.84. The number of halogens is 1. The fourth-order valence-corrected chi connectivity index (χ4v) is 3.06. The summed E-state index contributed by atoms with van der Waals surface area (Å²) in [5, 5.41) is 0. The molecule has 1 aliphatic heterocycles. The monoisotopic (exact) mass is 246 g/mol. The summed E-state index contributed by atoms with van der Waals surface area (Å²) >= 11 is 5.31. The van der Waals surface area contributed by atoms with Crippen molar-refractivity contribution in [1.29, 1.82) is 0 Å². The van der Waals surface area contributed by atoms with E-state index in [9.17, 15) is 0 Å². The van der Waals surface area contributed by atoms with Crippen molar-refractivity contribution in [2.75, 3.05) is 13.2 Å². The van der Waals surface area contributed by atoms with Crippen molar-refractivity contribution < 1.29 is 4.74 Å². The summed E-state index contributed by atoms with van der Waals surface area (Å²) in [7, 11) is 0. The molecule has 1 aromatic rings. The Labute approximate surface area is 84.9 Å². The van der Waals surface area contributed by atoms with Crippen LogP contribution in [0.25, 0.3) is 0 Å². The average Bonchev–Trinajstić information content (AvgIpc) is 2.54. The summed E-state index contributed by atoms with van der Waals surface area (Å²) in [6, 6.07) is 4.32. The normalized spacial score (nSPS) is 24.2. The van der Waals surface area contributed by atoms with Crippen molar-refractivity contribution in [3.05, 3.63) is 20.8 Å². The van der Waals surface area contributed by atoms with Crippen molar-refractivity contribution in [2.24, 2.45) is 0 Å². The summed E-state index contributed by atoms with van der Waals surface area (Å²) in [5.74, 6) is 0.648. The molecule has 1 atom stereocenters. The molecule has 1 unspecified atom stereocenters. The third kappa shape index (κ3) is 1.90. The van der Waals surface area contributed by atoms with Gasteiger partial charge in [0, 0.05) is 17.4 Å². The Balaban J connectivity index is 2.08. The van der Waals surface area contributed by atoms with Crippen LogP contribution in [0.5, 0.6) is 0 Å². The van der Waals surface area contributed by atoms with Gasteiger partial charge in [0.25, 0.3) is 0 Å². The predicted molar refractivity (Wildman–Crippen MR) is 54.8 cm³/mol. The smallest absolute Gasteiger partial charge is 0.0701 e. The Morgan fingerprint density at radius 3 is 3.00 bits per heavy atom. The van der Waals surface area contributed by atoms with Crippen molar-refractivity contribution in [3.8, 4) is 0 Å². The molecule has 1 aromatic heterocycles. The molecular weight excluding hydrogens is 236 g/mol. The minimum atomic E-state index is 0.648. The minimum Gasteiger partial charge on any atom is -0.381 e. The molecule has 0 saturated carbocycles. The zero-order valence-electron chi connectivity index (χ0n) is 6.75. The lowest BCUT2D eigenvalue weighted by Crippen LogP contribution is -2.14. The van der Waals surface area contributed by atoms with Gasteiger partial charge < -0.3 is 4.74 Å². The highest BCUT2D eigenvalue weighted by molar-refractivity contribution is 9.11. The first kappa shape index (κ1) is 8.73. The zero-order valence-corrected chi connectivity index (χ0v) is 9.16. The van der Waals surface area contributed by atoms with Crippen molar-refractivity contribution >= 4 is 27.3 Å². The summed E-state index contributed by atoms with van der Waals surface area (Å²) in [4.78, 5) is 1.46. The maximum absolute atomic E-state index is 5.44. The van der Waals surface area contributed by atoms with Crippen molar-refractivity contribution in [3.63, 3.8) is 0 Å². The van der Waals surface area contributed by atoms with Crippen molar-refractivity contribution in [2.45, 2.75) is 18.8 Å². The number of rotatable bonds is 1. The SMILES string of the molecule is Brc1ccc(C2CCCOC2)s1. The molecule has 1 saturated heterocycles. The van der Waals surface area contributed by atoms with Crippen LogP contribution in [0.15, 0.2) is 15.9 Å². The van der Waals surface area contributed by atoms with E-state index in [4.69, 9.17) is 4.74 Å². The van der Waals surface area contributed by atoms with Gasteiger partial charge in [-0.05, 0) is 40.9 Å². The predicted octanol–water partition coefficient (Wildman–Crippen LogP) is 3.40. The molecule has 0 aromatic carbocycles. The topological polar surface area (TPSA) is 9.23 Å². The van der Waals surface area contributed by atoms with E-state index in [0.29, 0.717) is 5.92 Å². The van der Waals surface area contributed by atoms with Gasteiger partial charge in [0.15, 0.2) is 0 Å². The molecular formula is C9H11BrOS. The fraction of sp³-hybridized carbons (Fsp3) is 0.556. The molecule has 3 heteroatoms. The van der Waals surface area contributed by atoms with Gasteiger partial charge in [-0.3, -0.25) is 0 Å². The van der Waals surface area contributed by atoms with Gasteiger partial charge in [-0.1, -0.05) is 0 Å². The second-order valence-corrected chi connectivity index (χ2v) is 5.55. The maximum Gasteiger partial charge on any atom is 0.0701 e. The van der Waals surface area contributed by atoms with Crippen molar-refractivity contribution in [1.82, 2.24) is 0 Å². The first-order valence-electron chi connectivity index (χ1n) is 4.19. The highest BCUT2D eigenvalue weighted by Gasteiger charge is 2.17. The van der Waals surface area contributed by atoms with Crippen LogP contribution in [-0.2, 0) is 4.74 Å². The van der Waals surface area contributed by atoms with E-state index in [1.807, 2.05) is 11.3 Å². The van der Waals surface area contributed by atoms with Gasteiger partial charge in [0.05, 0.1) is 10.4 Å². The van der Waals surface area contributed by atoms with Crippen LogP contribution in [-0.4, -0.2) is 13.2 Å². The van der Waals surface area contributed by atoms with Gasteiger partial charge in [-0.15, -0.1) is 11.3 Å². The van der Waals surface area contributed by atoms with Gasteiger partial charge in [0.2, 0.25) is 0 Å². The van der Waals surface area contributed by atoms with Gasteiger partial charge >= 0.3 is 0 Å². The van der Waals surface area contributed by atoms with E-state index >= 15 is 0 Å². The summed E-state index contributed by atoms with van der Waals surface area (Å²) in [6.07, 6.45) is 2.49. The molecule has 1 nitrogen and oxygen atoms in total. The Hall–Kier alpha value is 0.140. The third-order valence-corrected chi connectivity index (χ3v) is 3.94. The Morgan fingerprint density at radius 2 is 2.42 bits per heavy atom. The third-order valence-electron chi connectivity index (χ3n) is 2.16. The first-order valence-corrected chi connectivity index (χ1v) is 5.80. The number of hydrogen-bond donors (Lipinski definition) is 0. The average molecular weight is 247 g/mol. The standard InChI is InChI=1S/C9H11BrOS/c10-9-4-3-8(12-9)7-2-1-5-11-6-7/h3-4,7H,1-2,5-6H2. The fourth-order valence-electron chi connectivity index (χ4n) is 1.51. The zero-order chi connectivity index (χ0) is 8.39. The number of ether oxygens (including phenoxy) is 1. The van der Waals surface area contributed by atoms with Crippen LogP contribution in [0.1, 0.15) is 23.6 Å². The number of thiophene rings is 1. The number of hydrogen-bond acceptors (Lipinski definition) is 2. The first-order chi connectivity index (χ1) is 5.86. The van der Waals surface area contributed by atoms with E-state index in [-0.39, 0.29) is 0 Å². The molecule has 12 heavy (non-hydrogen) atoms. The molecule has 66 valence electrons. The van der Waals surface area contributed by atoms with E-state index in [1.165, 1.54) is 21.5 Å². The highest BCUT2D eigenvalue weighted by atomic mass is 79.9. The molecule has 1 aliphatic rings. The summed E-state index contributed by atoms with van der Waals surface area (Å²) in [6.45, 7) is 1.86. The Bertz CT molecular complexity index is 253. The second kappa shape index (κ2) is 3.90. The molecule has 0 bridgehead atoms. The molecule has 0 N–H and O–H groups in total. The highest BCUT2D eigenvalue weighted by Crippen LogP contribution is 2.32. The van der Waals surface area contributed by atoms with Gasteiger partial charge in [-0.2, -0.15) is 0 Å². The molecule has 1 fully saturated rings. The van der Waals surface area contributed by atoms with E-state index < -0.39 is 0 Å². The summed E-state index contributed by atoms with van der Waals surface area (Å²) in [5.41, 5.74) is 0. The molecule has 0 aliphatic carbocycles. The Morgan fingerprint density at radius 1 is 1.50 bits per heavy atom. The minimum absolute atomic E-state index is 0.648. The van der Waals surface area contributed by atoms with Crippen LogP contribution in [0.4, 0.5) is 0 Å². The maximum atomic E-state index is 5.44. The molecule has 0 radical (unpaired) electrons. The lowest BCUT2D eigenvalue weighted by atomic mass is 10.0. The van der Waals surface area contributed by atoms with Crippen LogP contribution < -0.4 is 0 Å².